The van der Waals surface area contributed by atoms with Gasteiger partial charge in [-0.3, -0.25) is 0 Å². The quantitative estimate of drug-likeness (QED) is 0.159. The van der Waals surface area contributed by atoms with Gasteiger partial charge in [0.15, 0.2) is 0 Å². The molecule has 0 N–H and O–H groups in total. The van der Waals surface area contributed by atoms with E-state index in [1.807, 2.05) is 6.08 Å². The average molecular weight is 547 g/mol. The summed E-state index contributed by atoms with van der Waals surface area (Å²) in [6.45, 7) is 22.5. The summed E-state index contributed by atoms with van der Waals surface area (Å²) in [5, 5.41) is 1.56. The van der Waals surface area contributed by atoms with Gasteiger partial charge >= 0.3 is 0 Å². The fourth-order valence-electron chi connectivity index (χ4n) is 2.99. The standard InChI is InChI=1S/C27H36BrCl3/c1-18(11-21(4)16-29)9-10-26(13-19(2)12-20(3)15-28)27(31)23(6)14-22(5)25(8)24(7)17-30/h10-12H,3-4,7,9,13-17H2,1-2,5-6,8H3. The van der Waals surface area contributed by atoms with Gasteiger partial charge in [0.2, 0.25) is 0 Å². The Morgan fingerprint density at radius 3 is 1.90 bits per heavy atom. The van der Waals surface area contributed by atoms with E-state index >= 15 is 0 Å². The molecule has 0 radical (unpaired) electrons. The van der Waals surface area contributed by atoms with Gasteiger partial charge in [-0.25, -0.2) is 0 Å². The van der Waals surface area contributed by atoms with Crippen LogP contribution in [0.15, 0.2) is 93.2 Å². The monoisotopic (exact) mass is 544 g/mol. The zero-order valence-electron chi connectivity index (χ0n) is 19.6. The first-order chi connectivity index (χ1) is 14.5. The van der Waals surface area contributed by atoms with Crippen LogP contribution >= 0.6 is 50.7 Å². The molecule has 0 amide bonds. The van der Waals surface area contributed by atoms with E-state index in [1.165, 1.54) is 16.7 Å². The molecule has 0 aromatic carbocycles. The van der Waals surface area contributed by atoms with E-state index in [4.69, 9.17) is 34.8 Å². The molecular weight excluding hydrogens is 511 g/mol. The lowest BCUT2D eigenvalue weighted by Gasteiger charge is -2.14. The Morgan fingerprint density at radius 1 is 0.806 bits per heavy atom. The van der Waals surface area contributed by atoms with Crippen LogP contribution in [0.5, 0.6) is 0 Å². The Kier molecular flexibility index (Phi) is 15.6. The maximum absolute atomic E-state index is 6.91. The Hall–Kier alpha value is -0.730. The van der Waals surface area contributed by atoms with Gasteiger partial charge in [-0.15, -0.1) is 23.2 Å². The molecule has 31 heavy (non-hydrogen) atoms. The zero-order chi connectivity index (χ0) is 24.1. The number of hydrogen-bond acceptors (Lipinski definition) is 0. The molecule has 0 aliphatic heterocycles. The minimum atomic E-state index is 0.433. The van der Waals surface area contributed by atoms with E-state index in [1.54, 1.807) is 0 Å². The number of halogens is 4. The van der Waals surface area contributed by atoms with Crippen LogP contribution in [-0.4, -0.2) is 17.1 Å². The van der Waals surface area contributed by atoms with Crippen LogP contribution in [0.1, 0.15) is 53.9 Å². The normalized spacial score (nSPS) is 14.8. The van der Waals surface area contributed by atoms with Crippen molar-refractivity contribution in [2.45, 2.75) is 53.9 Å². The van der Waals surface area contributed by atoms with Crippen LogP contribution in [0, 0.1) is 0 Å². The van der Waals surface area contributed by atoms with Crippen LogP contribution in [0.2, 0.25) is 0 Å². The predicted octanol–water partition coefficient (Wildman–Crippen LogP) is 10.4. The Labute approximate surface area is 213 Å². The van der Waals surface area contributed by atoms with Crippen molar-refractivity contribution >= 4 is 50.7 Å². The Balaban J connectivity index is 6.01. The third-order valence-electron chi connectivity index (χ3n) is 4.90. The van der Waals surface area contributed by atoms with Gasteiger partial charge in [0, 0.05) is 22.1 Å². The van der Waals surface area contributed by atoms with Crippen molar-refractivity contribution in [1.29, 1.82) is 0 Å². The topological polar surface area (TPSA) is 0 Å². The molecule has 0 aromatic heterocycles. The summed E-state index contributed by atoms with van der Waals surface area (Å²) in [5.74, 6) is 0.869. The Bertz CT molecular complexity index is 833. The molecule has 0 saturated carbocycles. The van der Waals surface area contributed by atoms with Gasteiger partial charge in [-0.05, 0) is 81.7 Å². The molecule has 0 nitrogen and oxygen atoms in total. The molecular formula is C27H36BrCl3. The Morgan fingerprint density at radius 2 is 1.39 bits per heavy atom. The molecule has 0 spiro atoms. The van der Waals surface area contributed by atoms with E-state index in [0.29, 0.717) is 11.8 Å². The molecule has 0 fully saturated rings. The van der Waals surface area contributed by atoms with Crippen molar-refractivity contribution in [3.8, 4) is 0 Å². The molecule has 0 unspecified atom stereocenters. The van der Waals surface area contributed by atoms with E-state index in [2.05, 4.69) is 82.4 Å². The minimum absolute atomic E-state index is 0.433. The molecule has 0 aromatic rings. The highest BCUT2D eigenvalue weighted by Gasteiger charge is 2.10. The van der Waals surface area contributed by atoms with Crippen LogP contribution in [0.3, 0.4) is 0 Å². The SMILES string of the molecule is C=C(C=C(C)CC=C(CC(C)=CC(=C)CBr)C(Cl)=C(C)CC(C)=C(C)C(=C)CCl)CCl. The number of allylic oxidation sites excluding steroid dienone is 13. The summed E-state index contributed by atoms with van der Waals surface area (Å²) in [5.41, 5.74) is 9.93. The first-order valence-electron chi connectivity index (χ1n) is 10.2. The first-order valence-corrected chi connectivity index (χ1v) is 12.8. The van der Waals surface area contributed by atoms with Gasteiger partial charge in [-0.2, -0.15) is 0 Å². The number of alkyl halides is 3. The molecule has 0 aliphatic rings. The van der Waals surface area contributed by atoms with Gasteiger partial charge < -0.3 is 0 Å². The highest BCUT2D eigenvalue weighted by Crippen LogP contribution is 2.31. The zero-order valence-corrected chi connectivity index (χ0v) is 23.5. The lowest BCUT2D eigenvalue weighted by atomic mass is 9.95. The van der Waals surface area contributed by atoms with Crippen LogP contribution < -0.4 is 0 Å². The van der Waals surface area contributed by atoms with Crippen molar-refractivity contribution in [3.63, 3.8) is 0 Å². The highest BCUT2D eigenvalue weighted by molar-refractivity contribution is 9.09. The maximum Gasteiger partial charge on any atom is 0.0470 e. The molecule has 0 rings (SSSR count). The largest absolute Gasteiger partial charge is 0.122 e. The van der Waals surface area contributed by atoms with Gasteiger partial charge in [0.25, 0.3) is 0 Å². The summed E-state index contributed by atoms with van der Waals surface area (Å²) in [7, 11) is 0. The van der Waals surface area contributed by atoms with Crippen LogP contribution in [-0.2, 0) is 0 Å². The minimum Gasteiger partial charge on any atom is -0.122 e. The highest BCUT2D eigenvalue weighted by atomic mass is 79.9. The van der Waals surface area contributed by atoms with Gasteiger partial charge in [-0.1, -0.05) is 87.8 Å². The molecule has 0 aliphatic carbocycles. The lowest BCUT2D eigenvalue weighted by Crippen LogP contribution is -1.96. The fraction of sp³-hybridized carbons (Fsp3) is 0.407. The molecule has 0 atom stereocenters. The predicted molar refractivity (Wildman–Crippen MR) is 149 cm³/mol. The van der Waals surface area contributed by atoms with Crippen molar-refractivity contribution in [3.05, 3.63) is 93.2 Å². The summed E-state index contributed by atoms with van der Waals surface area (Å²) in [4.78, 5) is 0. The molecule has 172 valence electrons. The van der Waals surface area contributed by atoms with E-state index in [0.717, 1.165) is 63.1 Å². The third kappa shape index (κ3) is 12.2. The number of rotatable bonds is 13. The lowest BCUT2D eigenvalue weighted by molar-refractivity contribution is 1.03. The summed E-state index contributed by atoms with van der Waals surface area (Å²) >= 11 is 22.2. The third-order valence-corrected chi connectivity index (χ3v) is 6.85. The van der Waals surface area contributed by atoms with Gasteiger partial charge in [0.05, 0.1) is 0 Å². The smallest absolute Gasteiger partial charge is 0.0470 e. The average Bonchev–Trinajstić information content (AvgIpc) is 2.74. The van der Waals surface area contributed by atoms with Crippen molar-refractivity contribution in [1.82, 2.24) is 0 Å². The summed E-state index contributed by atoms with van der Waals surface area (Å²) in [6, 6.07) is 0. The van der Waals surface area contributed by atoms with E-state index < -0.39 is 0 Å². The maximum atomic E-state index is 6.91. The van der Waals surface area contributed by atoms with Crippen LogP contribution in [0.25, 0.3) is 0 Å². The van der Waals surface area contributed by atoms with Crippen molar-refractivity contribution in [2.24, 2.45) is 0 Å². The van der Waals surface area contributed by atoms with Gasteiger partial charge in [0.1, 0.15) is 0 Å². The van der Waals surface area contributed by atoms with Crippen molar-refractivity contribution < 1.29 is 0 Å². The van der Waals surface area contributed by atoms with Crippen molar-refractivity contribution in [2.75, 3.05) is 17.1 Å². The molecule has 0 bridgehead atoms. The molecule has 0 heterocycles. The summed E-state index contributed by atoms with van der Waals surface area (Å²) < 4.78 is 0. The molecule has 4 heteroatoms. The second-order valence-electron chi connectivity index (χ2n) is 8.09. The molecule has 0 saturated heterocycles. The van der Waals surface area contributed by atoms with Crippen LogP contribution in [0.4, 0.5) is 0 Å². The second kappa shape index (κ2) is 16.0. The second-order valence-corrected chi connectivity index (χ2v) is 9.56. The van der Waals surface area contributed by atoms with E-state index in [-0.39, 0.29) is 0 Å². The first kappa shape index (κ1) is 30.3. The summed E-state index contributed by atoms with van der Waals surface area (Å²) in [6.07, 6.45) is 8.69. The number of hydrogen-bond donors (Lipinski definition) is 0. The van der Waals surface area contributed by atoms with E-state index in [9.17, 15) is 0 Å². The fourth-order valence-corrected chi connectivity index (χ4v) is 3.64.